The molecule has 0 radical (unpaired) electrons. The van der Waals surface area contributed by atoms with E-state index in [4.69, 9.17) is 0 Å². The number of hydrogen-bond donors (Lipinski definition) is 2. The SMILES string of the molecule is CCCCN(C)c1nccc(Nc2ccc(NC(C)=O)cc2)n1. The lowest BCUT2D eigenvalue weighted by molar-refractivity contribution is -0.114. The summed E-state index contributed by atoms with van der Waals surface area (Å²) in [5.41, 5.74) is 1.67. The predicted octanol–water partition coefficient (Wildman–Crippen LogP) is 3.41. The number of benzene rings is 1. The molecule has 0 aliphatic rings. The smallest absolute Gasteiger partial charge is 0.227 e. The molecule has 2 rings (SSSR count). The molecule has 1 aromatic carbocycles. The zero-order valence-corrected chi connectivity index (χ0v) is 13.8. The average molecular weight is 313 g/mol. The van der Waals surface area contributed by atoms with Gasteiger partial charge in [0.15, 0.2) is 0 Å². The number of nitrogens with one attached hydrogen (secondary N) is 2. The van der Waals surface area contributed by atoms with E-state index in [0.29, 0.717) is 5.95 Å². The maximum atomic E-state index is 11.0. The van der Waals surface area contributed by atoms with Gasteiger partial charge in [0.05, 0.1) is 0 Å². The van der Waals surface area contributed by atoms with Gasteiger partial charge in [0.1, 0.15) is 5.82 Å². The summed E-state index contributed by atoms with van der Waals surface area (Å²) in [4.78, 5) is 21.9. The van der Waals surface area contributed by atoms with Crippen LogP contribution in [0.3, 0.4) is 0 Å². The molecule has 2 aromatic rings. The Morgan fingerprint density at radius 2 is 1.87 bits per heavy atom. The van der Waals surface area contributed by atoms with E-state index in [2.05, 4.69) is 32.4 Å². The van der Waals surface area contributed by atoms with Gasteiger partial charge in [-0.05, 0) is 36.8 Å². The zero-order chi connectivity index (χ0) is 16.7. The number of hydrogen-bond acceptors (Lipinski definition) is 5. The van der Waals surface area contributed by atoms with E-state index in [0.717, 1.165) is 36.6 Å². The maximum absolute atomic E-state index is 11.0. The Morgan fingerprint density at radius 1 is 1.17 bits per heavy atom. The van der Waals surface area contributed by atoms with Gasteiger partial charge in [-0.3, -0.25) is 4.79 Å². The van der Waals surface area contributed by atoms with E-state index in [9.17, 15) is 4.79 Å². The number of aromatic nitrogens is 2. The lowest BCUT2D eigenvalue weighted by atomic mass is 10.2. The molecule has 2 N–H and O–H groups in total. The van der Waals surface area contributed by atoms with Gasteiger partial charge in [0.25, 0.3) is 0 Å². The molecule has 0 aliphatic carbocycles. The molecule has 0 aliphatic heterocycles. The number of carbonyl (C=O) groups excluding carboxylic acids is 1. The van der Waals surface area contributed by atoms with Crippen LogP contribution in [0.25, 0.3) is 0 Å². The van der Waals surface area contributed by atoms with Gasteiger partial charge in [0, 0.05) is 38.1 Å². The van der Waals surface area contributed by atoms with E-state index >= 15 is 0 Å². The molecule has 0 fully saturated rings. The van der Waals surface area contributed by atoms with Crippen LogP contribution in [-0.2, 0) is 4.79 Å². The van der Waals surface area contributed by atoms with Crippen LogP contribution in [0.5, 0.6) is 0 Å². The molecular formula is C17H23N5O. The largest absolute Gasteiger partial charge is 0.344 e. The van der Waals surface area contributed by atoms with Gasteiger partial charge in [-0.15, -0.1) is 0 Å². The van der Waals surface area contributed by atoms with Crippen molar-refractivity contribution < 1.29 is 4.79 Å². The second kappa shape index (κ2) is 8.12. The first-order valence-electron chi connectivity index (χ1n) is 7.77. The second-order valence-corrected chi connectivity index (χ2v) is 5.40. The molecule has 0 saturated carbocycles. The number of nitrogens with zero attached hydrogens (tertiary/aromatic N) is 3. The van der Waals surface area contributed by atoms with Crippen molar-refractivity contribution >= 4 is 29.0 Å². The highest BCUT2D eigenvalue weighted by atomic mass is 16.1. The number of unbranched alkanes of at least 4 members (excludes halogenated alkanes) is 1. The number of rotatable bonds is 7. The van der Waals surface area contributed by atoms with Crippen molar-refractivity contribution in [2.45, 2.75) is 26.7 Å². The van der Waals surface area contributed by atoms with Crippen LogP contribution in [0.4, 0.5) is 23.1 Å². The molecule has 0 spiro atoms. The maximum Gasteiger partial charge on any atom is 0.227 e. The Balaban J connectivity index is 2.03. The van der Waals surface area contributed by atoms with Gasteiger partial charge in [-0.1, -0.05) is 13.3 Å². The summed E-state index contributed by atoms with van der Waals surface area (Å²) in [6.45, 7) is 4.59. The Hall–Kier alpha value is -2.63. The predicted molar refractivity (Wildman–Crippen MR) is 94.2 cm³/mol. The summed E-state index contributed by atoms with van der Waals surface area (Å²) < 4.78 is 0. The minimum atomic E-state index is -0.0822. The second-order valence-electron chi connectivity index (χ2n) is 5.40. The highest BCUT2D eigenvalue weighted by molar-refractivity contribution is 5.88. The lowest BCUT2D eigenvalue weighted by Gasteiger charge is -2.17. The summed E-state index contributed by atoms with van der Waals surface area (Å²) >= 11 is 0. The summed E-state index contributed by atoms with van der Waals surface area (Å²) in [5, 5.41) is 5.99. The Labute approximate surface area is 137 Å². The molecule has 1 aromatic heterocycles. The van der Waals surface area contributed by atoms with Crippen LogP contribution in [-0.4, -0.2) is 29.5 Å². The van der Waals surface area contributed by atoms with Crippen molar-refractivity contribution in [1.82, 2.24) is 9.97 Å². The number of carbonyl (C=O) groups is 1. The minimum Gasteiger partial charge on any atom is -0.344 e. The van der Waals surface area contributed by atoms with Crippen LogP contribution >= 0.6 is 0 Å². The summed E-state index contributed by atoms with van der Waals surface area (Å²) in [6.07, 6.45) is 4.00. The fourth-order valence-electron chi connectivity index (χ4n) is 2.09. The van der Waals surface area contributed by atoms with Crippen LogP contribution < -0.4 is 15.5 Å². The van der Waals surface area contributed by atoms with Crippen molar-refractivity contribution in [3.05, 3.63) is 36.5 Å². The summed E-state index contributed by atoms with van der Waals surface area (Å²) in [6, 6.07) is 9.32. The Bertz CT molecular complexity index is 642. The molecule has 1 amide bonds. The van der Waals surface area contributed by atoms with Crippen molar-refractivity contribution in [2.75, 3.05) is 29.1 Å². The normalized spacial score (nSPS) is 10.2. The summed E-state index contributed by atoms with van der Waals surface area (Å²) in [5.74, 6) is 1.37. The minimum absolute atomic E-state index is 0.0822. The molecule has 1 heterocycles. The van der Waals surface area contributed by atoms with Crippen LogP contribution in [0.15, 0.2) is 36.5 Å². The lowest BCUT2D eigenvalue weighted by Crippen LogP contribution is -2.21. The molecule has 23 heavy (non-hydrogen) atoms. The molecular weight excluding hydrogens is 290 g/mol. The van der Waals surface area contributed by atoms with E-state index in [1.54, 1.807) is 6.20 Å². The van der Waals surface area contributed by atoms with E-state index in [1.165, 1.54) is 6.92 Å². The number of amides is 1. The molecule has 6 nitrogen and oxygen atoms in total. The van der Waals surface area contributed by atoms with Gasteiger partial charge >= 0.3 is 0 Å². The highest BCUT2D eigenvalue weighted by Gasteiger charge is 2.05. The first kappa shape index (κ1) is 16.7. The number of anilines is 4. The van der Waals surface area contributed by atoms with Crippen LogP contribution in [0.2, 0.25) is 0 Å². The van der Waals surface area contributed by atoms with Crippen molar-refractivity contribution in [2.24, 2.45) is 0 Å². The van der Waals surface area contributed by atoms with Crippen molar-refractivity contribution in [1.29, 1.82) is 0 Å². The quantitative estimate of drug-likeness (QED) is 0.819. The molecule has 0 bridgehead atoms. The third kappa shape index (κ3) is 5.25. The Morgan fingerprint density at radius 3 is 2.52 bits per heavy atom. The van der Waals surface area contributed by atoms with Gasteiger partial charge in [0.2, 0.25) is 11.9 Å². The average Bonchev–Trinajstić information content (AvgIpc) is 2.54. The third-order valence-corrected chi connectivity index (χ3v) is 3.31. The van der Waals surface area contributed by atoms with Crippen LogP contribution in [0, 0.1) is 0 Å². The molecule has 6 heteroatoms. The topological polar surface area (TPSA) is 70.2 Å². The molecule has 0 unspecified atom stereocenters. The van der Waals surface area contributed by atoms with Gasteiger partial charge < -0.3 is 15.5 Å². The van der Waals surface area contributed by atoms with Crippen molar-refractivity contribution in [3.8, 4) is 0 Å². The van der Waals surface area contributed by atoms with E-state index in [1.807, 2.05) is 37.4 Å². The molecule has 0 atom stereocenters. The van der Waals surface area contributed by atoms with Gasteiger partial charge in [-0.2, -0.15) is 4.98 Å². The molecule has 0 saturated heterocycles. The summed E-state index contributed by atoms with van der Waals surface area (Å²) in [7, 11) is 2.00. The van der Waals surface area contributed by atoms with E-state index < -0.39 is 0 Å². The monoisotopic (exact) mass is 313 g/mol. The molecule has 122 valence electrons. The third-order valence-electron chi connectivity index (χ3n) is 3.31. The zero-order valence-electron chi connectivity index (χ0n) is 13.8. The van der Waals surface area contributed by atoms with Gasteiger partial charge in [-0.25, -0.2) is 4.98 Å². The van der Waals surface area contributed by atoms with E-state index in [-0.39, 0.29) is 5.91 Å². The first-order chi connectivity index (χ1) is 11.1. The van der Waals surface area contributed by atoms with Crippen LogP contribution in [0.1, 0.15) is 26.7 Å². The fourth-order valence-corrected chi connectivity index (χ4v) is 2.09. The fraction of sp³-hybridized carbons (Fsp3) is 0.353. The first-order valence-corrected chi connectivity index (χ1v) is 7.77. The highest BCUT2D eigenvalue weighted by Crippen LogP contribution is 2.18. The Kier molecular flexibility index (Phi) is 5.91. The van der Waals surface area contributed by atoms with Crippen molar-refractivity contribution in [3.63, 3.8) is 0 Å². The standard InChI is InChI=1S/C17H23N5O/c1-4-5-12-22(3)17-18-11-10-16(21-17)20-15-8-6-14(7-9-15)19-13(2)23/h6-11H,4-5,12H2,1-3H3,(H,19,23)(H,18,20,21).